The fourth-order valence-corrected chi connectivity index (χ4v) is 0.253. The summed E-state index contributed by atoms with van der Waals surface area (Å²) in [4.78, 5) is 14.3. The highest BCUT2D eigenvalue weighted by Crippen LogP contribution is 1.98. The van der Waals surface area contributed by atoms with E-state index in [-0.39, 0.29) is 17.0 Å². The molecule has 0 bridgehead atoms. The van der Waals surface area contributed by atoms with E-state index in [1.165, 1.54) is 0 Å². The summed E-state index contributed by atoms with van der Waals surface area (Å²) in [6.45, 7) is 0. The van der Waals surface area contributed by atoms with Gasteiger partial charge in [0.15, 0.2) is 0 Å². The first-order valence-electron chi connectivity index (χ1n) is 2.37. The van der Waals surface area contributed by atoms with Crippen LogP contribution in [0.5, 0.6) is 0 Å². The van der Waals surface area contributed by atoms with Gasteiger partial charge in [0.1, 0.15) is 0 Å². The van der Waals surface area contributed by atoms with Gasteiger partial charge in [0.2, 0.25) is 0 Å². The molecule has 5 nitrogen and oxygen atoms in total. The Balaban J connectivity index is 0. The van der Waals surface area contributed by atoms with Crippen LogP contribution in [0.3, 0.4) is 0 Å². The summed E-state index contributed by atoms with van der Waals surface area (Å²) in [6, 6.07) is 3.65. The molecule has 0 unspecified atom stereocenters. The molecule has 0 atom stereocenters. The molecule has 0 saturated heterocycles. The quantitative estimate of drug-likeness (QED) is 0.645. The molecule has 1 aromatic rings. The van der Waals surface area contributed by atoms with Gasteiger partial charge in [-0.3, -0.25) is 4.57 Å². The zero-order chi connectivity index (χ0) is 7.82. The monoisotopic (exact) mass is 242 g/mol. The van der Waals surface area contributed by atoms with Crippen molar-refractivity contribution in [1.29, 1.82) is 0 Å². The van der Waals surface area contributed by atoms with E-state index in [1.54, 1.807) is 12.4 Å². The number of aromatic nitrogens is 2. The van der Waals surface area contributed by atoms with Crippen LogP contribution in [0.15, 0.2) is 24.5 Å². The van der Waals surface area contributed by atoms with Gasteiger partial charge in [-0.25, -0.2) is 0 Å². The van der Waals surface area contributed by atoms with Crippen molar-refractivity contribution in [2.45, 2.75) is 0 Å². The van der Waals surface area contributed by atoms with Gasteiger partial charge in [-0.15, -0.1) is 17.0 Å². The fraction of sp³-hybridized carbons (Fsp3) is 0. The molecule has 0 radical (unpaired) electrons. The van der Waals surface area contributed by atoms with E-state index in [4.69, 9.17) is 14.4 Å². The van der Waals surface area contributed by atoms with E-state index in [0.717, 1.165) is 0 Å². The second-order valence-corrected chi connectivity index (χ2v) is 1.76. The molecule has 2 N–H and O–H groups in total. The Morgan fingerprint density at radius 1 is 1.09 bits per heavy atom. The lowest BCUT2D eigenvalue weighted by Gasteiger charge is -1.69. The van der Waals surface area contributed by atoms with Crippen LogP contribution < -0.4 is 0 Å². The SMILES string of the molecule is Br.O=[PH](O)O.c1ccnnc1. The van der Waals surface area contributed by atoms with Gasteiger partial charge in [-0.05, 0) is 12.1 Å². The maximum atomic E-state index is 8.74. The molecule has 0 fully saturated rings. The number of hydrogen-bond donors (Lipinski definition) is 2. The van der Waals surface area contributed by atoms with Gasteiger partial charge < -0.3 is 9.79 Å². The maximum Gasteiger partial charge on any atom is 0.314 e. The molecule has 0 aliphatic heterocycles. The smallest absolute Gasteiger partial charge is 0.314 e. The van der Waals surface area contributed by atoms with E-state index in [0.29, 0.717) is 0 Å². The Labute approximate surface area is 74.8 Å². The van der Waals surface area contributed by atoms with Crippen LogP contribution >= 0.6 is 25.2 Å². The Hall–Kier alpha value is -0.290. The zero-order valence-corrected chi connectivity index (χ0v) is 8.13. The second-order valence-electron chi connectivity index (χ2n) is 1.20. The molecule has 1 rings (SSSR count). The second kappa shape index (κ2) is 9.71. The Kier molecular flexibility index (Phi) is 11.7. The first-order valence-corrected chi connectivity index (χ1v) is 3.67. The lowest BCUT2D eigenvalue weighted by atomic mass is 10.6. The number of rotatable bonds is 0. The molecule has 7 heteroatoms. The van der Waals surface area contributed by atoms with Gasteiger partial charge in [-0.2, -0.15) is 10.2 Å². The minimum atomic E-state index is -3.13. The summed E-state index contributed by atoms with van der Waals surface area (Å²) in [6.07, 6.45) is 3.28. The van der Waals surface area contributed by atoms with E-state index in [9.17, 15) is 0 Å². The molecule has 0 aliphatic rings. The van der Waals surface area contributed by atoms with Crippen molar-refractivity contribution in [1.82, 2.24) is 10.2 Å². The van der Waals surface area contributed by atoms with Gasteiger partial charge in [-0.1, -0.05) is 0 Å². The average Bonchev–Trinajstić information content (AvgIpc) is 1.90. The third-order valence-corrected chi connectivity index (χ3v) is 0.483. The molecule has 0 saturated carbocycles. The molecular weight excluding hydrogens is 235 g/mol. The van der Waals surface area contributed by atoms with Crippen molar-refractivity contribution < 1.29 is 14.4 Å². The molecule has 1 heterocycles. The molecule has 0 spiro atoms. The van der Waals surface area contributed by atoms with Gasteiger partial charge in [0.05, 0.1) is 0 Å². The summed E-state index contributed by atoms with van der Waals surface area (Å²) in [7, 11) is -3.13. The Morgan fingerprint density at radius 3 is 1.45 bits per heavy atom. The largest absolute Gasteiger partial charge is 0.326 e. The van der Waals surface area contributed by atoms with Crippen LogP contribution in [0.2, 0.25) is 0 Å². The minimum absolute atomic E-state index is 0. The van der Waals surface area contributed by atoms with Crippen LogP contribution in [-0.2, 0) is 4.57 Å². The highest BCUT2D eigenvalue weighted by molar-refractivity contribution is 8.93. The van der Waals surface area contributed by atoms with Crippen molar-refractivity contribution in [3.8, 4) is 0 Å². The van der Waals surface area contributed by atoms with Gasteiger partial charge in [0, 0.05) is 12.4 Å². The van der Waals surface area contributed by atoms with E-state index < -0.39 is 8.25 Å². The zero-order valence-electron chi connectivity index (χ0n) is 5.41. The van der Waals surface area contributed by atoms with E-state index in [2.05, 4.69) is 10.2 Å². The van der Waals surface area contributed by atoms with Gasteiger partial charge in [0.25, 0.3) is 0 Å². The maximum absolute atomic E-state index is 8.74. The van der Waals surface area contributed by atoms with Crippen LogP contribution in [-0.4, -0.2) is 20.0 Å². The predicted molar refractivity (Wildman–Crippen MR) is 45.8 cm³/mol. The normalized spacial score (nSPS) is 7.55. The van der Waals surface area contributed by atoms with E-state index >= 15 is 0 Å². The highest BCUT2D eigenvalue weighted by Gasteiger charge is 1.61. The molecule has 0 aromatic carbocycles. The summed E-state index contributed by atoms with van der Waals surface area (Å²) in [5.41, 5.74) is 0. The Bertz CT molecular complexity index is 155. The standard InChI is InChI=1S/C4H4N2.BrH.H3O3P/c1-2-4-6-5-3-1;;1-4(2)3/h1-4H;1H;4H,(H2,1,2,3). The first-order chi connectivity index (χ1) is 4.73. The van der Waals surface area contributed by atoms with Crippen molar-refractivity contribution in [3.05, 3.63) is 24.5 Å². The summed E-state index contributed by atoms with van der Waals surface area (Å²) < 4.78 is 8.74. The predicted octanol–water partition coefficient (Wildman–Crippen LogP) is 0.415. The minimum Gasteiger partial charge on any atom is -0.326 e. The average molecular weight is 243 g/mol. The van der Waals surface area contributed by atoms with Crippen molar-refractivity contribution in [2.75, 3.05) is 0 Å². The number of hydrogen-bond acceptors (Lipinski definition) is 3. The Morgan fingerprint density at radius 2 is 1.36 bits per heavy atom. The van der Waals surface area contributed by atoms with Crippen molar-refractivity contribution in [3.63, 3.8) is 0 Å². The molecule has 0 amide bonds. The fourth-order valence-electron chi connectivity index (χ4n) is 0.253. The molecule has 1 aromatic heterocycles. The molecule has 11 heavy (non-hydrogen) atoms. The van der Waals surface area contributed by atoms with Crippen LogP contribution in [0.4, 0.5) is 0 Å². The summed E-state index contributed by atoms with van der Waals surface area (Å²) in [5.74, 6) is 0. The van der Waals surface area contributed by atoms with Crippen molar-refractivity contribution >= 4 is 25.2 Å². The third-order valence-electron chi connectivity index (χ3n) is 0.483. The first kappa shape index (κ1) is 13.3. The van der Waals surface area contributed by atoms with Gasteiger partial charge >= 0.3 is 8.25 Å². The number of nitrogens with zero attached hydrogens (tertiary/aromatic N) is 2. The van der Waals surface area contributed by atoms with Crippen LogP contribution in [0.1, 0.15) is 0 Å². The summed E-state index contributed by atoms with van der Waals surface area (Å²) >= 11 is 0. The third kappa shape index (κ3) is 17.7. The van der Waals surface area contributed by atoms with Crippen LogP contribution in [0, 0.1) is 0 Å². The summed E-state index contributed by atoms with van der Waals surface area (Å²) in [5, 5.41) is 7.07. The lowest BCUT2D eigenvalue weighted by Crippen LogP contribution is -1.69. The molecule has 64 valence electrons. The highest BCUT2D eigenvalue weighted by atomic mass is 79.9. The molecule has 0 aliphatic carbocycles. The number of halogens is 1. The topological polar surface area (TPSA) is 83.3 Å². The lowest BCUT2D eigenvalue weighted by molar-refractivity contribution is 0.405. The van der Waals surface area contributed by atoms with E-state index in [1.807, 2.05) is 12.1 Å². The molecular formula is C4H8BrN2O3P. The van der Waals surface area contributed by atoms with Crippen molar-refractivity contribution in [2.24, 2.45) is 0 Å². The van der Waals surface area contributed by atoms with Crippen LogP contribution in [0.25, 0.3) is 0 Å².